The van der Waals surface area contributed by atoms with E-state index in [1.165, 1.54) is 450 Å². The zero-order valence-corrected chi connectivity index (χ0v) is 107. The third-order valence-electron chi connectivity index (χ3n) is 27.0. The molecule has 0 aromatic heterocycles. The first-order chi connectivity index (χ1) is 69.7. The number of rotatable bonds is 72. The normalized spacial score (nSPS) is 10.4. The minimum Gasteiger partial charge on any atom is -2.00 e. The van der Waals surface area contributed by atoms with Gasteiger partial charge in [0, 0.05) is 45.5 Å². The number of hydrogen-bond acceptors (Lipinski definition) is 11. The molecule has 0 fully saturated rings. The Balaban J connectivity index is -0.00000182. The van der Waals surface area contributed by atoms with Gasteiger partial charge in [0.25, 0.3) is 0 Å². The van der Waals surface area contributed by atoms with E-state index in [1.807, 2.05) is 0 Å². The molecule has 0 atom stereocenters. The first-order valence-corrected chi connectivity index (χ1v) is 61.6. The quantitative estimate of drug-likeness (QED) is 0.0157. The molecule has 22 heteroatoms. The van der Waals surface area contributed by atoms with Crippen LogP contribution in [0.2, 0.25) is 0 Å². The van der Waals surface area contributed by atoms with E-state index in [2.05, 4.69) is 269 Å². The fourth-order valence-electron chi connectivity index (χ4n) is 19.0. The maximum atomic E-state index is 8.26. The molecule has 0 saturated carbocycles. The molecule has 0 aliphatic carbocycles. The van der Waals surface area contributed by atoms with Crippen LogP contribution >= 0.6 is 48.9 Å². The molecular formula is C124H184Mo3N4O3S12. The molecule has 0 saturated heterocycles. The molecule has 0 unspecified atom stereocenters. The van der Waals surface area contributed by atoms with Crippen molar-refractivity contribution < 1.29 is 69.5 Å². The van der Waals surface area contributed by atoms with Gasteiger partial charge >= 0.3 is 69.5 Å². The Labute approximate surface area is 999 Å². The van der Waals surface area contributed by atoms with Crippen LogP contribution in [0.4, 0.5) is 45.5 Å². The summed E-state index contributed by atoms with van der Waals surface area (Å²) >= 11 is 47.1. The second kappa shape index (κ2) is 104. The SMILES string of the molecule is CCCCCCCCCc1ccccc1N(C(=S)[S-])c1ccccc1CCCCCCCCC.CCCCCCCCCc1ccccc1N(C(=S)[S-])c1ccccc1CCCCCCCCC.CCCCCCCCCc1ccccc1N(C(=S)[S-])c1ccccc1CCCCCCCCC.CCCCCCCCCc1ccccc1N(C(=S)[S-])c1ccccc1CCCCCCCCC.[O]=[Mo+4].[O]=[Mo+4].[O]=[Mo+4].[S-2].[S-2].[S-2].[S-2]. The Bertz CT molecular complexity index is 3680. The van der Waals surface area contributed by atoms with E-state index < -0.39 is 0 Å². The molecule has 8 aromatic rings. The van der Waals surface area contributed by atoms with Crippen molar-refractivity contribution in [2.45, 2.75) is 466 Å². The number of unbranched alkanes of at least 4 members (excludes halogenated alkanes) is 48. The van der Waals surface area contributed by atoms with E-state index in [0.29, 0.717) is 76.6 Å². The predicted octanol–water partition coefficient (Wildman–Crippen LogP) is 40.6. The number of thiocarbonyl (C=S) groups is 4. The molecule has 0 spiro atoms. The zero-order valence-electron chi connectivity index (χ0n) is 90.9. The van der Waals surface area contributed by atoms with Crippen molar-refractivity contribution in [2.75, 3.05) is 19.6 Å². The molecule has 8 rings (SSSR count). The van der Waals surface area contributed by atoms with E-state index in [4.69, 9.17) is 110 Å². The van der Waals surface area contributed by atoms with Crippen LogP contribution in [0.25, 0.3) is 0 Å². The minimum absolute atomic E-state index is 0. The van der Waals surface area contributed by atoms with Crippen molar-refractivity contribution >= 4 is 216 Å². The van der Waals surface area contributed by atoms with E-state index in [9.17, 15) is 0 Å². The Kier molecular flexibility index (Phi) is 105. The zero-order chi connectivity index (χ0) is 104. The number of para-hydroxylation sites is 8. The van der Waals surface area contributed by atoms with Crippen molar-refractivity contribution in [2.24, 2.45) is 0 Å². The fourth-order valence-corrected chi connectivity index (χ4v) is 20.6. The largest absolute Gasteiger partial charge is 2.00 e. The van der Waals surface area contributed by atoms with Crippen LogP contribution in [0, 0.1) is 0 Å². The number of benzene rings is 8. The Hall–Kier alpha value is -2.94. The van der Waals surface area contributed by atoms with Gasteiger partial charge in [-0.05, 0) is 196 Å². The van der Waals surface area contributed by atoms with Gasteiger partial charge in [-0.2, -0.15) is 0 Å². The fraction of sp³-hybridized carbons (Fsp3) is 0.581. The number of nitrogens with zero attached hydrogens (tertiary/aromatic N) is 4. The Morgan fingerprint density at radius 1 is 0.164 bits per heavy atom. The van der Waals surface area contributed by atoms with Crippen LogP contribution in [0.15, 0.2) is 194 Å². The van der Waals surface area contributed by atoms with Crippen LogP contribution in [0.1, 0.15) is 459 Å². The van der Waals surface area contributed by atoms with Crippen LogP contribution < -0.4 is 19.6 Å². The molecule has 0 bridgehead atoms. The number of hydrogen-bond donors (Lipinski definition) is 0. The van der Waals surface area contributed by atoms with Crippen LogP contribution in [-0.4, -0.2) is 17.3 Å². The van der Waals surface area contributed by atoms with Crippen LogP contribution in [0.5, 0.6) is 0 Å². The number of anilines is 8. The van der Waals surface area contributed by atoms with Crippen molar-refractivity contribution in [1.82, 2.24) is 0 Å². The van der Waals surface area contributed by atoms with Crippen molar-refractivity contribution in [1.29, 1.82) is 0 Å². The molecule has 146 heavy (non-hydrogen) atoms. The van der Waals surface area contributed by atoms with Gasteiger partial charge in [0.15, 0.2) is 0 Å². The monoisotopic (exact) mass is 2450 g/mol. The Morgan fingerprint density at radius 2 is 0.247 bits per heavy atom. The third-order valence-corrected chi connectivity index (χ3v) is 28.4. The van der Waals surface area contributed by atoms with Crippen molar-refractivity contribution in [3.63, 3.8) is 0 Å². The maximum absolute atomic E-state index is 8.26. The van der Waals surface area contributed by atoms with Gasteiger partial charge < -0.3 is 173 Å². The summed E-state index contributed by atoms with van der Waals surface area (Å²) in [5.74, 6) is 0. The van der Waals surface area contributed by atoms with Gasteiger partial charge in [-0.15, -0.1) is 0 Å². The topological polar surface area (TPSA) is 64.2 Å². The van der Waals surface area contributed by atoms with Gasteiger partial charge in [0.2, 0.25) is 0 Å². The molecule has 0 heterocycles. The predicted molar refractivity (Wildman–Crippen MR) is 665 cm³/mol. The minimum atomic E-state index is 0. The van der Waals surface area contributed by atoms with Gasteiger partial charge in [-0.3, -0.25) is 0 Å². The molecule has 0 aliphatic heterocycles. The summed E-state index contributed by atoms with van der Waals surface area (Å²) in [5.41, 5.74) is 20.2. The van der Waals surface area contributed by atoms with Gasteiger partial charge in [0.05, 0.1) is 0 Å². The average molecular weight is 2450 g/mol. The third kappa shape index (κ3) is 65.8. The molecule has 0 amide bonds. The van der Waals surface area contributed by atoms with Gasteiger partial charge in [-0.25, -0.2) is 0 Å². The first kappa shape index (κ1) is 147. The molecule has 0 N–H and O–H groups in total. The Morgan fingerprint density at radius 3 is 0.336 bits per heavy atom. The average Bonchev–Trinajstić information content (AvgIpc) is 0.815. The van der Waals surface area contributed by atoms with E-state index in [-0.39, 0.29) is 54.0 Å². The molecular weight excluding hydrogens is 2270 g/mol. The molecule has 808 valence electrons. The van der Waals surface area contributed by atoms with Crippen molar-refractivity contribution in [3.8, 4) is 0 Å². The van der Waals surface area contributed by atoms with Crippen molar-refractivity contribution in [3.05, 3.63) is 239 Å². The second-order valence-electron chi connectivity index (χ2n) is 38.4. The van der Waals surface area contributed by atoms with E-state index in [0.717, 1.165) is 51.4 Å². The summed E-state index contributed by atoms with van der Waals surface area (Å²) in [5, 5.41) is 0. The van der Waals surface area contributed by atoms with E-state index in [1.54, 1.807) is 0 Å². The summed E-state index contributed by atoms with van der Waals surface area (Å²) in [6.45, 7) is 18.2. The first-order valence-electron chi connectivity index (χ1n) is 55.9. The van der Waals surface area contributed by atoms with Gasteiger partial charge in [0.1, 0.15) is 0 Å². The molecule has 0 radical (unpaired) electrons. The van der Waals surface area contributed by atoms with E-state index >= 15 is 0 Å². The van der Waals surface area contributed by atoms with Gasteiger partial charge in [-0.1, -0.05) is 526 Å². The summed E-state index contributed by atoms with van der Waals surface area (Å²) in [6.07, 6.45) is 82.9. The molecule has 7 nitrogen and oxygen atoms in total. The maximum Gasteiger partial charge on any atom is -2.00 e. The number of aryl methyl sites for hydroxylation is 8. The van der Waals surface area contributed by atoms with Crippen LogP contribution in [-0.2, 0) is 225 Å². The summed E-state index contributed by atoms with van der Waals surface area (Å²) in [6, 6.07) is 69.7. The molecule has 8 aromatic carbocycles. The summed E-state index contributed by atoms with van der Waals surface area (Å²) in [4.78, 5) is 8.60. The summed E-state index contributed by atoms with van der Waals surface area (Å²) < 4.78 is 26.8. The smallest absolute Gasteiger partial charge is 2.00 e. The standard InChI is InChI=1S/4C31H47NS2.3Mo.3O.4S/c4*1-3-5-7-9-11-13-15-21-27-23-17-19-25-29(27)32(31(33)34)30-26-20-18-24-28(30)22-16-14-12-10-8-6-4-2;;;;;;;;;;/h4*17-20,23-26H,3-16,21-22H2,1-2H3,(H,33,34);;;;;;;;;;/q;;;;3*+4;;;;4*-2/p-4. The summed E-state index contributed by atoms with van der Waals surface area (Å²) in [7, 11) is 0. The molecule has 0 aliphatic rings. The second-order valence-corrected chi connectivity index (χ2v) is 42.5. The van der Waals surface area contributed by atoms with Crippen LogP contribution in [0.3, 0.4) is 0 Å².